The highest BCUT2D eigenvalue weighted by molar-refractivity contribution is 9.10. The maximum absolute atomic E-state index is 12.8. The van der Waals surface area contributed by atoms with Gasteiger partial charge in [0.25, 0.3) is 5.91 Å². The van der Waals surface area contributed by atoms with Gasteiger partial charge in [0.2, 0.25) is 0 Å². The van der Waals surface area contributed by atoms with Crippen LogP contribution in [0.4, 0.5) is 11.4 Å². The van der Waals surface area contributed by atoms with Crippen molar-refractivity contribution in [2.24, 2.45) is 0 Å². The standard InChI is InChI=1S/C18H19BrN2O2/c1-12(23-14-9-7-13(19)8-10-14)18(22)21-11-3-4-15-16(20)5-2-6-17(15)21/h2,5-10,12H,3-4,11,20H2,1H3. The van der Waals surface area contributed by atoms with Crippen LogP contribution >= 0.6 is 15.9 Å². The van der Waals surface area contributed by atoms with Crippen LogP contribution in [-0.2, 0) is 11.2 Å². The van der Waals surface area contributed by atoms with Gasteiger partial charge < -0.3 is 15.4 Å². The fourth-order valence-corrected chi connectivity index (χ4v) is 3.13. The fourth-order valence-electron chi connectivity index (χ4n) is 2.87. The third-order valence-electron chi connectivity index (χ3n) is 4.03. The largest absolute Gasteiger partial charge is 0.481 e. The van der Waals surface area contributed by atoms with Gasteiger partial charge in [0.1, 0.15) is 5.75 Å². The fraction of sp³-hybridized carbons (Fsp3) is 0.278. The van der Waals surface area contributed by atoms with Gasteiger partial charge in [-0.05, 0) is 61.7 Å². The molecular weight excluding hydrogens is 356 g/mol. The normalized spacial score (nSPS) is 15.0. The van der Waals surface area contributed by atoms with Crippen molar-refractivity contribution < 1.29 is 9.53 Å². The lowest BCUT2D eigenvalue weighted by molar-refractivity contribution is -0.124. The molecule has 2 aromatic carbocycles. The first-order chi connectivity index (χ1) is 11.1. The third kappa shape index (κ3) is 3.34. The van der Waals surface area contributed by atoms with Crippen LogP contribution < -0.4 is 15.4 Å². The zero-order valence-electron chi connectivity index (χ0n) is 13.0. The van der Waals surface area contributed by atoms with Crippen molar-refractivity contribution >= 4 is 33.2 Å². The SMILES string of the molecule is CC(Oc1ccc(Br)cc1)C(=O)N1CCCc2c(N)cccc21. The number of nitrogens with two attached hydrogens (primary N) is 1. The van der Waals surface area contributed by atoms with Crippen molar-refractivity contribution in [2.45, 2.75) is 25.9 Å². The smallest absolute Gasteiger partial charge is 0.267 e. The molecule has 0 fully saturated rings. The summed E-state index contributed by atoms with van der Waals surface area (Å²) in [5.74, 6) is 0.637. The minimum atomic E-state index is -0.552. The highest BCUT2D eigenvalue weighted by Crippen LogP contribution is 2.32. The van der Waals surface area contributed by atoms with Crippen molar-refractivity contribution in [3.8, 4) is 5.75 Å². The first kappa shape index (κ1) is 15.9. The van der Waals surface area contributed by atoms with E-state index >= 15 is 0 Å². The number of amides is 1. The Hall–Kier alpha value is -2.01. The molecule has 0 spiro atoms. The van der Waals surface area contributed by atoms with E-state index in [1.165, 1.54) is 0 Å². The zero-order valence-corrected chi connectivity index (χ0v) is 14.5. The van der Waals surface area contributed by atoms with Gasteiger partial charge in [0.15, 0.2) is 6.10 Å². The van der Waals surface area contributed by atoms with Crippen LogP contribution in [0.5, 0.6) is 5.75 Å². The van der Waals surface area contributed by atoms with Crippen LogP contribution in [0.2, 0.25) is 0 Å². The summed E-state index contributed by atoms with van der Waals surface area (Å²) in [5, 5.41) is 0. The number of hydrogen-bond acceptors (Lipinski definition) is 3. The topological polar surface area (TPSA) is 55.6 Å². The lowest BCUT2D eigenvalue weighted by atomic mass is 9.99. The van der Waals surface area contributed by atoms with E-state index in [1.807, 2.05) is 42.5 Å². The van der Waals surface area contributed by atoms with Crippen molar-refractivity contribution in [2.75, 3.05) is 17.2 Å². The number of carbonyl (C=O) groups is 1. The molecule has 4 nitrogen and oxygen atoms in total. The lowest BCUT2D eigenvalue weighted by Gasteiger charge is -2.32. The maximum Gasteiger partial charge on any atom is 0.267 e. The molecule has 0 saturated heterocycles. The molecule has 1 aliphatic rings. The zero-order chi connectivity index (χ0) is 16.4. The number of benzene rings is 2. The summed E-state index contributed by atoms with van der Waals surface area (Å²) in [6.07, 6.45) is 1.27. The molecule has 120 valence electrons. The summed E-state index contributed by atoms with van der Waals surface area (Å²) in [4.78, 5) is 14.6. The molecule has 3 rings (SSSR count). The Bertz CT molecular complexity index is 715. The number of fused-ring (bicyclic) bond motifs is 1. The highest BCUT2D eigenvalue weighted by Gasteiger charge is 2.28. The van der Waals surface area contributed by atoms with E-state index in [0.717, 1.165) is 34.3 Å². The summed E-state index contributed by atoms with van der Waals surface area (Å²) in [6, 6.07) is 13.2. The average molecular weight is 375 g/mol. The van der Waals surface area contributed by atoms with E-state index in [9.17, 15) is 4.79 Å². The molecule has 0 bridgehead atoms. The number of halogens is 1. The Kier molecular flexibility index (Phi) is 4.57. The first-order valence-corrected chi connectivity index (χ1v) is 8.46. The van der Waals surface area contributed by atoms with Crippen LogP contribution in [0.1, 0.15) is 18.9 Å². The Labute approximate surface area is 144 Å². The summed E-state index contributed by atoms with van der Waals surface area (Å²) in [7, 11) is 0. The molecule has 2 aromatic rings. The van der Waals surface area contributed by atoms with Gasteiger partial charge in [-0.1, -0.05) is 22.0 Å². The van der Waals surface area contributed by atoms with Gasteiger partial charge in [-0.15, -0.1) is 0 Å². The molecule has 0 radical (unpaired) electrons. The van der Waals surface area contributed by atoms with Crippen LogP contribution in [0.15, 0.2) is 46.9 Å². The molecule has 0 aromatic heterocycles. The van der Waals surface area contributed by atoms with E-state index in [1.54, 1.807) is 11.8 Å². The van der Waals surface area contributed by atoms with Gasteiger partial charge >= 0.3 is 0 Å². The minimum absolute atomic E-state index is 0.0422. The number of rotatable bonds is 3. The summed E-state index contributed by atoms with van der Waals surface area (Å²) in [5.41, 5.74) is 8.76. The molecule has 1 heterocycles. The predicted molar refractivity (Wildman–Crippen MR) is 95.8 cm³/mol. The predicted octanol–water partition coefficient (Wildman–Crippen LogP) is 3.78. The molecule has 5 heteroatoms. The van der Waals surface area contributed by atoms with Crippen LogP contribution in [0.25, 0.3) is 0 Å². The average Bonchev–Trinajstić information content (AvgIpc) is 2.56. The third-order valence-corrected chi connectivity index (χ3v) is 4.56. The van der Waals surface area contributed by atoms with Gasteiger partial charge in [-0.3, -0.25) is 4.79 Å². The minimum Gasteiger partial charge on any atom is -0.481 e. The van der Waals surface area contributed by atoms with Crippen LogP contribution in [0.3, 0.4) is 0 Å². The lowest BCUT2D eigenvalue weighted by Crippen LogP contribution is -2.43. The molecule has 0 aliphatic carbocycles. The Morgan fingerprint density at radius 2 is 2.00 bits per heavy atom. The number of hydrogen-bond donors (Lipinski definition) is 1. The summed E-state index contributed by atoms with van der Waals surface area (Å²) in [6.45, 7) is 2.48. The van der Waals surface area contributed by atoms with Crippen molar-refractivity contribution in [1.29, 1.82) is 0 Å². The van der Waals surface area contributed by atoms with Gasteiger partial charge in [-0.25, -0.2) is 0 Å². The van der Waals surface area contributed by atoms with E-state index in [0.29, 0.717) is 12.3 Å². The number of nitrogens with zero attached hydrogens (tertiary/aromatic N) is 1. The van der Waals surface area contributed by atoms with Crippen molar-refractivity contribution in [1.82, 2.24) is 0 Å². The van der Waals surface area contributed by atoms with Gasteiger partial charge in [0.05, 0.1) is 0 Å². The maximum atomic E-state index is 12.8. The second-order valence-electron chi connectivity index (χ2n) is 5.65. The highest BCUT2D eigenvalue weighted by atomic mass is 79.9. The Balaban J connectivity index is 1.78. The van der Waals surface area contributed by atoms with E-state index in [4.69, 9.17) is 10.5 Å². The van der Waals surface area contributed by atoms with E-state index in [2.05, 4.69) is 15.9 Å². The molecule has 23 heavy (non-hydrogen) atoms. The van der Waals surface area contributed by atoms with Crippen molar-refractivity contribution in [3.63, 3.8) is 0 Å². The molecule has 1 amide bonds. The molecule has 1 atom stereocenters. The van der Waals surface area contributed by atoms with Crippen LogP contribution in [0, 0.1) is 0 Å². The number of carbonyl (C=O) groups excluding carboxylic acids is 1. The number of ether oxygens (including phenoxy) is 1. The summed E-state index contributed by atoms with van der Waals surface area (Å²) < 4.78 is 6.76. The molecule has 0 saturated carbocycles. The number of nitrogen functional groups attached to an aromatic ring is 1. The van der Waals surface area contributed by atoms with Gasteiger partial charge in [-0.2, -0.15) is 0 Å². The van der Waals surface area contributed by atoms with Crippen molar-refractivity contribution in [3.05, 3.63) is 52.5 Å². The molecule has 1 unspecified atom stereocenters. The number of anilines is 2. The Morgan fingerprint density at radius 3 is 2.74 bits per heavy atom. The molecular formula is C18H19BrN2O2. The Morgan fingerprint density at radius 1 is 1.26 bits per heavy atom. The van der Waals surface area contributed by atoms with E-state index < -0.39 is 6.10 Å². The summed E-state index contributed by atoms with van der Waals surface area (Å²) >= 11 is 3.39. The van der Waals surface area contributed by atoms with Crippen LogP contribution in [-0.4, -0.2) is 18.6 Å². The monoisotopic (exact) mass is 374 g/mol. The molecule has 2 N–H and O–H groups in total. The second-order valence-corrected chi connectivity index (χ2v) is 6.57. The molecule has 1 aliphatic heterocycles. The van der Waals surface area contributed by atoms with Gasteiger partial charge in [0, 0.05) is 22.4 Å². The van der Waals surface area contributed by atoms with E-state index in [-0.39, 0.29) is 5.91 Å². The quantitative estimate of drug-likeness (QED) is 0.831. The first-order valence-electron chi connectivity index (χ1n) is 7.67. The second kappa shape index (κ2) is 6.62.